The summed E-state index contributed by atoms with van der Waals surface area (Å²) in [5.41, 5.74) is 0. The molecule has 2 atom stereocenters. The van der Waals surface area contributed by atoms with E-state index in [1.165, 1.54) is 0 Å². The second-order valence-electron chi connectivity index (χ2n) is 3.71. The third-order valence-corrected chi connectivity index (χ3v) is 2.47. The van der Waals surface area contributed by atoms with Gasteiger partial charge in [-0.15, -0.1) is 0 Å². The summed E-state index contributed by atoms with van der Waals surface area (Å²) in [6.45, 7) is 3.95. The van der Waals surface area contributed by atoms with Gasteiger partial charge in [-0.2, -0.15) is 0 Å². The number of methoxy groups -OCH3 is 1. The van der Waals surface area contributed by atoms with E-state index in [0.717, 1.165) is 26.2 Å². The molecule has 4 nitrogen and oxygen atoms in total. The molecule has 0 radical (unpaired) electrons. The Morgan fingerprint density at radius 1 is 1.50 bits per heavy atom. The van der Waals surface area contributed by atoms with Crippen molar-refractivity contribution in [1.29, 1.82) is 0 Å². The van der Waals surface area contributed by atoms with Crippen LogP contribution < -0.4 is 5.32 Å². The fraction of sp³-hybridized carbons (Fsp3) is 1.00. The van der Waals surface area contributed by atoms with Gasteiger partial charge in [0.25, 0.3) is 0 Å². The van der Waals surface area contributed by atoms with E-state index in [1.54, 1.807) is 7.11 Å². The van der Waals surface area contributed by atoms with E-state index >= 15 is 0 Å². The van der Waals surface area contributed by atoms with Gasteiger partial charge >= 0.3 is 0 Å². The van der Waals surface area contributed by atoms with Crippen molar-refractivity contribution >= 4 is 0 Å². The van der Waals surface area contributed by atoms with E-state index in [2.05, 4.69) is 5.32 Å². The van der Waals surface area contributed by atoms with Crippen LogP contribution in [0, 0.1) is 5.92 Å². The predicted molar refractivity (Wildman–Crippen MR) is 54.5 cm³/mol. The highest BCUT2D eigenvalue weighted by Gasteiger charge is 2.16. The molecule has 2 unspecified atom stereocenters. The van der Waals surface area contributed by atoms with Gasteiger partial charge in [-0.05, 0) is 13.5 Å². The van der Waals surface area contributed by atoms with E-state index in [4.69, 9.17) is 14.2 Å². The Kier molecular flexibility index (Phi) is 6.10. The van der Waals surface area contributed by atoms with Gasteiger partial charge < -0.3 is 19.5 Å². The molecule has 0 spiro atoms. The minimum absolute atomic E-state index is 0.294. The fourth-order valence-electron chi connectivity index (χ4n) is 1.51. The SMILES string of the molecule is CNC(COC)COCC1CCOC1. The molecule has 0 aromatic heterocycles. The van der Waals surface area contributed by atoms with Gasteiger partial charge in [-0.1, -0.05) is 0 Å². The molecule has 1 saturated heterocycles. The second-order valence-corrected chi connectivity index (χ2v) is 3.71. The van der Waals surface area contributed by atoms with Crippen LogP contribution in [-0.2, 0) is 14.2 Å². The molecule has 4 heteroatoms. The van der Waals surface area contributed by atoms with Gasteiger partial charge in [-0.25, -0.2) is 0 Å². The van der Waals surface area contributed by atoms with Crippen LogP contribution >= 0.6 is 0 Å². The van der Waals surface area contributed by atoms with Crippen molar-refractivity contribution in [2.75, 3.05) is 47.2 Å². The summed E-state index contributed by atoms with van der Waals surface area (Å²) in [4.78, 5) is 0. The monoisotopic (exact) mass is 203 g/mol. The van der Waals surface area contributed by atoms with E-state index in [1.807, 2.05) is 7.05 Å². The average molecular weight is 203 g/mol. The van der Waals surface area contributed by atoms with E-state index in [-0.39, 0.29) is 0 Å². The van der Waals surface area contributed by atoms with Crippen molar-refractivity contribution in [1.82, 2.24) is 5.32 Å². The van der Waals surface area contributed by atoms with Crippen LogP contribution in [0.2, 0.25) is 0 Å². The topological polar surface area (TPSA) is 39.7 Å². The summed E-state index contributed by atoms with van der Waals surface area (Å²) < 4.78 is 15.9. The van der Waals surface area contributed by atoms with Crippen molar-refractivity contribution in [3.8, 4) is 0 Å². The molecular weight excluding hydrogens is 182 g/mol. The maximum atomic E-state index is 5.60. The molecule has 1 N–H and O–H groups in total. The van der Waals surface area contributed by atoms with Crippen LogP contribution in [0.3, 0.4) is 0 Å². The zero-order valence-corrected chi connectivity index (χ0v) is 9.12. The van der Waals surface area contributed by atoms with Crippen LogP contribution in [-0.4, -0.2) is 53.2 Å². The molecule has 0 amide bonds. The number of rotatable bonds is 7. The first-order chi connectivity index (χ1) is 6.86. The summed E-state index contributed by atoms with van der Waals surface area (Å²) in [7, 11) is 3.63. The van der Waals surface area contributed by atoms with Crippen LogP contribution in [0.25, 0.3) is 0 Å². The fourth-order valence-corrected chi connectivity index (χ4v) is 1.51. The van der Waals surface area contributed by atoms with Crippen molar-refractivity contribution in [2.24, 2.45) is 5.92 Å². The lowest BCUT2D eigenvalue weighted by molar-refractivity contribution is 0.0538. The van der Waals surface area contributed by atoms with Gasteiger partial charge in [0, 0.05) is 19.6 Å². The van der Waals surface area contributed by atoms with Crippen LogP contribution in [0.1, 0.15) is 6.42 Å². The minimum Gasteiger partial charge on any atom is -0.383 e. The first-order valence-corrected chi connectivity index (χ1v) is 5.18. The molecule has 0 bridgehead atoms. The third-order valence-electron chi connectivity index (χ3n) is 2.47. The molecule has 1 aliphatic rings. The molecule has 0 aliphatic carbocycles. The normalized spacial score (nSPS) is 24.0. The number of likely N-dealkylation sites (N-methyl/N-ethyl adjacent to an activating group) is 1. The van der Waals surface area contributed by atoms with E-state index in [0.29, 0.717) is 25.2 Å². The smallest absolute Gasteiger partial charge is 0.0642 e. The Hall–Kier alpha value is -0.160. The maximum absolute atomic E-state index is 5.60. The zero-order chi connectivity index (χ0) is 10.2. The van der Waals surface area contributed by atoms with Gasteiger partial charge in [0.05, 0.1) is 32.5 Å². The Morgan fingerprint density at radius 3 is 2.93 bits per heavy atom. The lowest BCUT2D eigenvalue weighted by Crippen LogP contribution is -2.35. The molecule has 0 aromatic rings. The highest BCUT2D eigenvalue weighted by atomic mass is 16.5. The lowest BCUT2D eigenvalue weighted by atomic mass is 10.1. The second kappa shape index (κ2) is 7.17. The molecule has 14 heavy (non-hydrogen) atoms. The summed E-state index contributed by atoms with van der Waals surface area (Å²) in [5, 5.41) is 3.15. The molecule has 0 saturated carbocycles. The largest absolute Gasteiger partial charge is 0.383 e. The average Bonchev–Trinajstić information content (AvgIpc) is 2.69. The number of hydrogen-bond acceptors (Lipinski definition) is 4. The minimum atomic E-state index is 0.294. The van der Waals surface area contributed by atoms with Gasteiger partial charge in [0.1, 0.15) is 0 Å². The number of ether oxygens (including phenoxy) is 3. The summed E-state index contributed by atoms with van der Waals surface area (Å²) in [5.74, 6) is 0.593. The number of hydrogen-bond donors (Lipinski definition) is 1. The molecule has 1 aliphatic heterocycles. The van der Waals surface area contributed by atoms with Crippen molar-refractivity contribution in [3.05, 3.63) is 0 Å². The molecular formula is C10H21NO3. The highest BCUT2D eigenvalue weighted by molar-refractivity contribution is 4.65. The Morgan fingerprint density at radius 2 is 2.36 bits per heavy atom. The van der Waals surface area contributed by atoms with Crippen LogP contribution in [0.15, 0.2) is 0 Å². The molecule has 1 rings (SSSR count). The van der Waals surface area contributed by atoms with Gasteiger partial charge in [0.15, 0.2) is 0 Å². The number of nitrogens with one attached hydrogen (secondary N) is 1. The van der Waals surface area contributed by atoms with Crippen molar-refractivity contribution < 1.29 is 14.2 Å². The van der Waals surface area contributed by atoms with Gasteiger partial charge in [0.2, 0.25) is 0 Å². The highest BCUT2D eigenvalue weighted by Crippen LogP contribution is 2.12. The molecule has 0 aromatic carbocycles. The van der Waals surface area contributed by atoms with Crippen molar-refractivity contribution in [2.45, 2.75) is 12.5 Å². The lowest BCUT2D eigenvalue weighted by Gasteiger charge is -2.16. The molecule has 1 heterocycles. The predicted octanol–water partition coefficient (Wildman–Crippen LogP) is 0.274. The Balaban J connectivity index is 2.00. The van der Waals surface area contributed by atoms with Crippen molar-refractivity contribution in [3.63, 3.8) is 0 Å². The summed E-state index contributed by atoms with van der Waals surface area (Å²) in [6.07, 6.45) is 1.13. The Labute approximate surface area is 85.9 Å². The first-order valence-electron chi connectivity index (χ1n) is 5.18. The van der Waals surface area contributed by atoms with Crippen LogP contribution in [0.4, 0.5) is 0 Å². The third kappa shape index (κ3) is 4.37. The summed E-state index contributed by atoms with van der Waals surface area (Å²) >= 11 is 0. The Bertz CT molecular complexity index is 137. The summed E-state index contributed by atoms with van der Waals surface area (Å²) in [6, 6.07) is 0.294. The van der Waals surface area contributed by atoms with Crippen LogP contribution in [0.5, 0.6) is 0 Å². The maximum Gasteiger partial charge on any atom is 0.0642 e. The molecule has 84 valence electrons. The molecule has 1 fully saturated rings. The van der Waals surface area contributed by atoms with Gasteiger partial charge in [-0.3, -0.25) is 0 Å². The zero-order valence-electron chi connectivity index (χ0n) is 9.12. The van der Waals surface area contributed by atoms with E-state index < -0.39 is 0 Å². The standard InChI is InChI=1S/C10H21NO3/c1-11-10(7-12-2)8-14-6-9-3-4-13-5-9/h9-11H,3-8H2,1-2H3. The quantitative estimate of drug-likeness (QED) is 0.645. The first kappa shape index (κ1) is 11.9. The van der Waals surface area contributed by atoms with E-state index in [9.17, 15) is 0 Å².